The fourth-order valence-corrected chi connectivity index (χ4v) is 2.50. The summed E-state index contributed by atoms with van der Waals surface area (Å²) in [6, 6.07) is 6.29. The highest BCUT2D eigenvalue weighted by Crippen LogP contribution is 2.32. The second-order valence-electron chi connectivity index (χ2n) is 5.21. The van der Waals surface area contributed by atoms with Crippen molar-refractivity contribution in [3.05, 3.63) is 53.6 Å². The molecule has 1 aromatic carbocycles. The van der Waals surface area contributed by atoms with Crippen molar-refractivity contribution < 1.29 is 36.9 Å². The molecule has 12 heteroatoms. The Balaban J connectivity index is 2.15. The van der Waals surface area contributed by atoms with Crippen LogP contribution in [0.15, 0.2) is 42.6 Å². The number of aromatic nitrogens is 3. The second-order valence-corrected chi connectivity index (χ2v) is 5.60. The number of carboxylic acid groups (broad SMARTS) is 1. The molecule has 28 heavy (non-hydrogen) atoms. The Morgan fingerprint density at radius 2 is 1.93 bits per heavy atom. The highest BCUT2D eigenvalue weighted by molar-refractivity contribution is 6.29. The summed E-state index contributed by atoms with van der Waals surface area (Å²) in [6.45, 7) is 0. The van der Waals surface area contributed by atoms with Gasteiger partial charge in [-0.05, 0) is 18.2 Å². The Kier molecular flexibility index (Phi) is 5.10. The van der Waals surface area contributed by atoms with E-state index < -0.39 is 30.0 Å². The van der Waals surface area contributed by atoms with E-state index in [9.17, 15) is 22.4 Å². The minimum atomic E-state index is -5.03. The fourth-order valence-electron chi connectivity index (χ4n) is 2.33. The normalized spacial score (nSPS) is 11.3. The van der Waals surface area contributed by atoms with Gasteiger partial charge in [0.15, 0.2) is 0 Å². The number of halogens is 5. The van der Waals surface area contributed by atoms with Crippen LogP contribution in [-0.2, 0) is 0 Å². The van der Waals surface area contributed by atoms with E-state index in [1.165, 1.54) is 18.3 Å². The molecule has 0 aliphatic carbocycles. The van der Waals surface area contributed by atoms with Crippen molar-refractivity contribution in [2.45, 2.75) is 6.36 Å². The first kappa shape index (κ1) is 19.4. The SMILES string of the molecule is O=C(O)Oc1cc(-c2cc(F)cc(OC(F)(F)F)c2)n(-c2ccnc(Cl)c2)n1. The van der Waals surface area contributed by atoms with Crippen LogP contribution in [0.3, 0.4) is 0 Å². The zero-order valence-corrected chi connectivity index (χ0v) is 14.2. The first-order chi connectivity index (χ1) is 13.1. The van der Waals surface area contributed by atoms with E-state index in [4.69, 9.17) is 16.7 Å². The van der Waals surface area contributed by atoms with Gasteiger partial charge < -0.3 is 14.6 Å². The molecule has 2 heterocycles. The van der Waals surface area contributed by atoms with Crippen LogP contribution in [0.4, 0.5) is 22.4 Å². The van der Waals surface area contributed by atoms with E-state index in [1.54, 1.807) is 0 Å². The summed E-state index contributed by atoms with van der Waals surface area (Å²) in [4.78, 5) is 14.6. The van der Waals surface area contributed by atoms with Crippen LogP contribution in [0, 0.1) is 5.82 Å². The molecule has 7 nitrogen and oxygen atoms in total. The summed E-state index contributed by atoms with van der Waals surface area (Å²) < 4.78 is 60.6. The third kappa shape index (κ3) is 4.68. The van der Waals surface area contributed by atoms with Crippen LogP contribution in [0.25, 0.3) is 16.9 Å². The summed E-state index contributed by atoms with van der Waals surface area (Å²) in [5.74, 6) is -2.21. The number of benzene rings is 1. The summed E-state index contributed by atoms with van der Waals surface area (Å²) in [5.41, 5.74) is 0.211. The minimum absolute atomic E-state index is 0.0186. The molecule has 0 atom stereocenters. The van der Waals surface area contributed by atoms with Crippen molar-refractivity contribution in [3.8, 4) is 28.6 Å². The van der Waals surface area contributed by atoms with Gasteiger partial charge in [0, 0.05) is 30.0 Å². The quantitative estimate of drug-likeness (QED) is 0.377. The third-order valence-electron chi connectivity index (χ3n) is 3.23. The van der Waals surface area contributed by atoms with E-state index in [0.29, 0.717) is 6.07 Å². The van der Waals surface area contributed by atoms with Crippen LogP contribution in [-0.4, -0.2) is 32.4 Å². The fraction of sp³-hybridized carbons (Fsp3) is 0.0625. The van der Waals surface area contributed by atoms with Crippen molar-refractivity contribution in [3.63, 3.8) is 0 Å². The summed E-state index contributed by atoms with van der Waals surface area (Å²) in [5, 5.41) is 12.7. The predicted octanol–water partition coefficient (Wildman–Crippen LogP) is 4.68. The molecular formula is C16H8ClF4N3O4. The van der Waals surface area contributed by atoms with Crippen molar-refractivity contribution in [1.82, 2.24) is 14.8 Å². The molecule has 3 rings (SSSR count). The second kappa shape index (κ2) is 7.35. The number of ether oxygens (including phenoxy) is 2. The minimum Gasteiger partial charge on any atom is -0.449 e. The van der Waals surface area contributed by atoms with Crippen molar-refractivity contribution in [1.29, 1.82) is 0 Å². The molecular weight excluding hydrogens is 410 g/mol. The van der Waals surface area contributed by atoms with Gasteiger partial charge >= 0.3 is 12.5 Å². The average Bonchev–Trinajstić information content (AvgIpc) is 2.95. The molecule has 0 aliphatic rings. The molecule has 0 bridgehead atoms. The molecule has 146 valence electrons. The molecule has 0 fully saturated rings. The van der Waals surface area contributed by atoms with Crippen LogP contribution < -0.4 is 9.47 Å². The summed E-state index contributed by atoms with van der Waals surface area (Å²) in [6.07, 6.45) is -5.36. The maximum Gasteiger partial charge on any atom is 0.573 e. The molecule has 3 aromatic rings. The number of rotatable bonds is 4. The molecule has 0 aliphatic heterocycles. The molecule has 0 spiro atoms. The summed E-state index contributed by atoms with van der Waals surface area (Å²) >= 11 is 5.82. The number of carbonyl (C=O) groups is 1. The number of alkyl halides is 3. The summed E-state index contributed by atoms with van der Waals surface area (Å²) in [7, 11) is 0. The Bertz CT molecular complexity index is 1040. The van der Waals surface area contributed by atoms with E-state index in [2.05, 4.69) is 19.6 Å². The van der Waals surface area contributed by atoms with E-state index in [0.717, 1.165) is 22.9 Å². The maximum atomic E-state index is 13.9. The molecule has 2 aromatic heterocycles. The monoisotopic (exact) mass is 417 g/mol. The lowest BCUT2D eigenvalue weighted by atomic mass is 10.1. The van der Waals surface area contributed by atoms with Gasteiger partial charge in [0.05, 0.1) is 11.4 Å². The van der Waals surface area contributed by atoms with Crippen LogP contribution in [0.5, 0.6) is 11.6 Å². The Morgan fingerprint density at radius 3 is 2.57 bits per heavy atom. The van der Waals surface area contributed by atoms with Crippen LogP contribution in [0.2, 0.25) is 5.15 Å². The lowest BCUT2D eigenvalue weighted by Gasteiger charge is -2.12. The van der Waals surface area contributed by atoms with Gasteiger partial charge in [0.1, 0.15) is 16.7 Å². The Hall–Kier alpha value is -3.34. The number of pyridine rings is 1. The maximum absolute atomic E-state index is 13.9. The van der Waals surface area contributed by atoms with Gasteiger partial charge in [0.25, 0.3) is 0 Å². The standard InChI is InChI=1S/C16H8ClF4N3O4/c17-13-6-10(1-2-22-13)24-12(7-14(23-24)27-15(25)26)8-3-9(18)5-11(4-8)28-16(19,20)21/h1-7H,(H,25,26). The number of nitrogens with zero attached hydrogens (tertiary/aromatic N) is 3. The molecule has 0 unspecified atom stereocenters. The van der Waals surface area contributed by atoms with Gasteiger partial charge in [0.2, 0.25) is 5.88 Å². The average molecular weight is 418 g/mol. The zero-order valence-electron chi connectivity index (χ0n) is 13.4. The van der Waals surface area contributed by atoms with E-state index >= 15 is 0 Å². The third-order valence-corrected chi connectivity index (χ3v) is 3.44. The van der Waals surface area contributed by atoms with Crippen molar-refractivity contribution in [2.24, 2.45) is 0 Å². The Morgan fingerprint density at radius 1 is 1.18 bits per heavy atom. The van der Waals surface area contributed by atoms with E-state index in [-0.39, 0.29) is 22.1 Å². The van der Waals surface area contributed by atoms with Gasteiger partial charge in [-0.25, -0.2) is 18.9 Å². The van der Waals surface area contributed by atoms with E-state index in [1.807, 2.05) is 0 Å². The predicted molar refractivity (Wildman–Crippen MR) is 87.1 cm³/mol. The molecule has 0 radical (unpaired) electrons. The first-order valence-electron chi connectivity index (χ1n) is 7.30. The number of hydrogen-bond donors (Lipinski definition) is 1. The molecule has 0 amide bonds. The molecule has 0 saturated carbocycles. The highest BCUT2D eigenvalue weighted by atomic mass is 35.5. The van der Waals surface area contributed by atoms with Gasteiger partial charge in [-0.2, -0.15) is 0 Å². The van der Waals surface area contributed by atoms with Crippen molar-refractivity contribution in [2.75, 3.05) is 0 Å². The topological polar surface area (TPSA) is 86.5 Å². The van der Waals surface area contributed by atoms with Crippen LogP contribution in [0.1, 0.15) is 0 Å². The zero-order chi connectivity index (χ0) is 20.5. The molecule has 1 N–H and O–H groups in total. The van der Waals surface area contributed by atoms with Crippen LogP contribution >= 0.6 is 11.6 Å². The lowest BCUT2D eigenvalue weighted by molar-refractivity contribution is -0.274. The largest absolute Gasteiger partial charge is 0.573 e. The smallest absolute Gasteiger partial charge is 0.449 e. The Labute approximate surface area is 158 Å². The molecule has 0 saturated heterocycles. The number of hydrogen-bond acceptors (Lipinski definition) is 5. The lowest BCUT2D eigenvalue weighted by Crippen LogP contribution is -2.17. The first-order valence-corrected chi connectivity index (χ1v) is 7.68. The van der Waals surface area contributed by atoms with Crippen molar-refractivity contribution >= 4 is 17.8 Å². The highest BCUT2D eigenvalue weighted by Gasteiger charge is 2.31. The van der Waals surface area contributed by atoms with Gasteiger partial charge in [-0.3, -0.25) is 0 Å². The van der Waals surface area contributed by atoms with Gasteiger partial charge in [-0.15, -0.1) is 18.3 Å². The van der Waals surface area contributed by atoms with Gasteiger partial charge in [-0.1, -0.05) is 11.6 Å².